The molecule has 0 aliphatic rings. The number of carbonyl (C=O) groups excluding carboxylic acids is 1. The minimum absolute atomic E-state index is 0.0884. The third kappa shape index (κ3) is 6.35. The van der Waals surface area contributed by atoms with E-state index in [1.54, 1.807) is 6.20 Å². The van der Waals surface area contributed by atoms with E-state index >= 15 is 0 Å². The largest absolute Gasteiger partial charge is 0.491 e. The minimum atomic E-state index is -0.807. The van der Waals surface area contributed by atoms with E-state index in [-0.39, 0.29) is 19.2 Å². The number of benzene rings is 2. The van der Waals surface area contributed by atoms with Crippen molar-refractivity contribution in [3.63, 3.8) is 0 Å². The molecule has 7 heteroatoms. The highest BCUT2D eigenvalue weighted by Gasteiger charge is 2.10. The molecule has 30 heavy (non-hydrogen) atoms. The highest BCUT2D eigenvalue weighted by atomic mass is 16.5. The first-order valence-electron chi connectivity index (χ1n) is 10.0. The number of rotatable bonds is 9. The number of nitrogens with one attached hydrogen (secondary N) is 2. The van der Waals surface area contributed by atoms with Crippen molar-refractivity contribution >= 4 is 11.7 Å². The molecule has 3 aromatic rings. The van der Waals surface area contributed by atoms with Crippen LogP contribution in [0.1, 0.15) is 31.2 Å². The van der Waals surface area contributed by atoms with E-state index in [1.807, 2.05) is 60.8 Å². The van der Waals surface area contributed by atoms with Crippen LogP contribution in [0.4, 0.5) is 10.5 Å². The normalized spacial score (nSPS) is 11.9. The molecule has 1 aromatic heterocycles. The number of imidazole rings is 1. The number of aliphatic hydroxyl groups excluding tert-OH is 1. The first-order chi connectivity index (χ1) is 14.5. The van der Waals surface area contributed by atoms with Crippen molar-refractivity contribution in [3.05, 3.63) is 78.4 Å². The van der Waals surface area contributed by atoms with E-state index in [2.05, 4.69) is 34.0 Å². The monoisotopic (exact) mass is 408 g/mol. The van der Waals surface area contributed by atoms with Gasteiger partial charge in [0.15, 0.2) is 0 Å². The van der Waals surface area contributed by atoms with Crippen LogP contribution in [0.15, 0.2) is 67.0 Å². The number of carbonyl (C=O) groups is 1. The summed E-state index contributed by atoms with van der Waals surface area (Å²) in [6, 6.07) is 16.5. The number of aromatic nitrogens is 2. The zero-order chi connectivity index (χ0) is 21.3. The van der Waals surface area contributed by atoms with Crippen molar-refractivity contribution < 1.29 is 14.6 Å². The number of hydrogen-bond acceptors (Lipinski definition) is 4. The van der Waals surface area contributed by atoms with Crippen LogP contribution in [0.3, 0.4) is 0 Å². The number of urea groups is 1. The molecule has 0 fully saturated rings. The van der Waals surface area contributed by atoms with E-state index in [4.69, 9.17) is 4.74 Å². The van der Waals surface area contributed by atoms with Crippen molar-refractivity contribution in [1.29, 1.82) is 0 Å². The number of para-hydroxylation sites is 1. The lowest BCUT2D eigenvalue weighted by atomic mass is 10.1. The number of hydrogen-bond donors (Lipinski definition) is 3. The molecule has 1 atom stereocenters. The van der Waals surface area contributed by atoms with E-state index in [9.17, 15) is 9.90 Å². The lowest BCUT2D eigenvalue weighted by molar-refractivity contribution is 0.108. The lowest BCUT2D eigenvalue weighted by Crippen LogP contribution is -2.37. The first kappa shape index (κ1) is 21.4. The summed E-state index contributed by atoms with van der Waals surface area (Å²) in [6.45, 7) is 5.09. The van der Waals surface area contributed by atoms with Crippen LogP contribution >= 0.6 is 0 Å². The predicted octanol–water partition coefficient (Wildman–Crippen LogP) is 3.62. The number of anilines is 1. The Bertz CT molecular complexity index is 940. The Labute approximate surface area is 176 Å². The summed E-state index contributed by atoms with van der Waals surface area (Å²) >= 11 is 0. The van der Waals surface area contributed by atoms with Gasteiger partial charge in [0.2, 0.25) is 0 Å². The topological polar surface area (TPSA) is 88.4 Å². The molecule has 3 rings (SSSR count). The van der Waals surface area contributed by atoms with Gasteiger partial charge in [-0.3, -0.25) is 0 Å². The molecule has 0 spiro atoms. The summed E-state index contributed by atoms with van der Waals surface area (Å²) in [7, 11) is 0. The molecule has 7 nitrogen and oxygen atoms in total. The van der Waals surface area contributed by atoms with Gasteiger partial charge >= 0.3 is 6.03 Å². The second-order valence-corrected chi connectivity index (χ2v) is 7.38. The third-order valence-corrected chi connectivity index (χ3v) is 4.49. The highest BCUT2D eigenvalue weighted by Crippen LogP contribution is 2.16. The fourth-order valence-electron chi connectivity index (χ4n) is 3.05. The van der Waals surface area contributed by atoms with Crippen molar-refractivity contribution in [1.82, 2.24) is 14.9 Å². The fourth-order valence-corrected chi connectivity index (χ4v) is 3.05. The summed E-state index contributed by atoms with van der Waals surface area (Å²) < 4.78 is 7.59. The molecular weight excluding hydrogens is 380 g/mol. The van der Waals surface area contributed by atoms with Gasteiger partial charge in [0.05, 0.1) is 0 Å². The predicted molar refractivity (Wildman–Crippen MR) is 117 cm³/mol. The SMILES string of the molecule is CC(C)c1nccn1Cc1cccc(NC(=O)NCC(O)COc2ccccc2)c1. The zero-order valence-corrected chi connectivity index (χ0v) is 17.3. The Morgan fingerprint density at radius 2 is 1.97 bits per heavy atom. The average molecular weight is 409 g/mol. The molecule has 0 saturated carbocycles. The molecule has 1 heterocycles. The number of amides is 2. The molecule has 0 radical (unpaired) electrons. The van der Waals surface area contributed by atoms with Gasteiger partial charge in [0.25, 0.3) is 0 Å². The lowest BCUT2D eigenvalue weighted by Gasteiger charge is -2.14. The number of ether oxygens (including phenoxy) is 1. The van der Waals surface area contributed by atoms with Crippen LogP contribution < -0.4 is 15.4 Å². The summed E-state index contributed by atoms with van der Waals surface area (Å²) in [4.78, 5) is 16.6. The van der Waals surface area contributed by atoms with Gasteiger partial charge in [0, 0.05) is 37.1 Å². The second kappa shape index (κ2) is 10.5. The van der Waals surface area contributed by atoms with E-state index < -0.39 is 6.10 Å². The third-order valence-electron chi connectivity index (χ3n) is 4.49. The molecule has 158 valence electrons. The van der Waals surface area contributed by atoms with Crippen LogP contribution in [-0.4, -0.2) is 39.9 Å². The molecular formula is C23H28N4O3. The Hall–Kier alpha value is -3.32. The molecule has 0 aliphatic heterocycles. The first-order valence-corrected chi connectivity index (χ1v) is 10.0. The molecule has 0 bridgehead atoms. The van der Waals surface area contributed by atoms with Gasteiger partial charge in [-0.25, -0.2) is 9.78 Å². The van der Waals surface area contributed by atoms with Gasteiger partial charge in [-0.15, -0.1) is 0 Å². The van der Waals surface area contributed by atoms with Gasteiger partial charge in [-0.1, -0.05) is 44.2 Å². The smallest absolute Gasteiger partial charge is 0.319 e. The van der Waals surface area contributed by atoms with Gasteiger partial charge in [0.1, 0.15) is 24.3 Å². The van der Waals surface area contributed by atoms with Gasteiger partial charge in [-0.05, 0) is 29.8 Å². The molecule has 3 N–H and O–H groups in total. The van der Waals surface area contributed by atoms with Gasteiger partial charge in [-0.2, -0.15) is 0 Å². The maximum atomic E-state index is 12.2. The summed E-state index contributed by atoms with van der Waals surface area (Å²) in [6.07, 6.45) is 2.96. The van der Waals surface area contributed by atoms with Crippen molar-refractivity contribution in [2.75, 3.05) is 18.5 Å². The Balaban J connectivity index is 1.47. The summed E-state index contributed by atoms with van der Waals surface area (Å²) in [5.41, 5.74) is 1.75. The second-order valence-electron chi connectivity index (χ2n) is 7.38. The minimum Gasteiger partial charge on any atom is -0.491 e. The van der Waals surface area contributed by atoms with Crippen molar-refractivity contribution in [2.24, 2.45) is 0 Å². The summed E-state index contributed by atoms with van der Waals surface area (Å²) in [5.74, 6) is 2.04. The molecule has 2 aromatic carbocycles. The molecule has 0 saturated heterocycles. The molecule has 2 amide bonds. The Morgan fingerprint density at radius 1 is 1.17 bits per heavy atom. The number of aliphatic hydroxyl groups is 1. The quantitative estimate of drug-likeness (QED) is 0.505. The van der Waals surface area contributed by atoms with Gasteiger partial charge < -0.3 is 25.0 Å². The Kier molecular flexibility index (Phi) is 7.45. The van der Waals surface area contributed by atoms with Crippen LogP contribution in [0.5, 0.6) is 5.75 Å². The molecule has 0 aliphatic carbocycles. The van der Waals surface area contributed by atoms with Crippen LogP contribution in [0, 0.1) is 0 Å². The highest BCUT2D eigenvalue weighted by molar-refractivity contribution is 5.89. The van der Waals surface area contributed by atoms with Crippen LogP contribution in [0.2, 0.25) is 0 Å². The van der Waals surface area contributed by atoms with Crippen molar-refractivity contribution in [2.45, 2.75) is 32.4 Å². The fraction of sp³-hybridized carbons (Fsp3) is 0.304. The van der Waals surface area contributed by atoms with E-state index in [0.717, 1.165) is 11.4 Å². The van der Waals surface area contributed by atoms with Crippen LogP contribution in [-0.2, 0) is 6.54 Å². The maximum Gasteiger partial charge on any atom is 0.319 e. The average Bonchev–Trinajstić information content (AvgIpc) is 3.20. The molecule has 1 unspecified atom stereocenters. The Morgan fingerprint density at radius 3 is 2.73 bits per heavy atom. The number of nitrogens with zero attached hydrogens (tertiary/aromatic N) is 2. The standard InChI is InChI=1S/C23H28N4O3/c1-17(2)22-24-11-12-27(22)15-18-7-6-8-19(13-18)26-23(29)25-14-20(28)16-30-21-9-4-3-5-10-21/h3-13,17,20,28H,14-16H2,1-2H3,(H2,25,26,29). The van der Waals surface area contributed by atoms with E-state index in [1.165, 1.54) is 0 Å². The summed E-state index contributed by atoms with van der Waals surface area (Å²) in [5, 5.41) is 15.5. The van der Waals surface area contributed by atoms with E-state index in [0.29, 0.717) is 23.9 Å². The van der Waals surface area contributed by atoms with Crippen molar-refractivity contribution in [3.8, 4) is 5.75 Å². The maximum absolute atomic E-state index is 12.2. The van der Waals surface area contributed by atoms with Crippen LogP contribution in [0.25, 0.3) is 0 Å². The zero-order valence-electron chi connectivity index (χ0n) is 17.3.